The minimum atomic E-state index is -0.983. The van der Waals surface area contributed by atoms with Crippen LogP contribution in [0.15, 0.2) is 0 Å². The number of aliphatic hydroxyl groups is 1. The highest BCUT2D eigenvalue weighted by Gasteiger charge is 2.12. The van der Waals surface area contributed by atoms with E-state index in [-0.39, 0.29) is 13.0 Å². The third-order valence-corrected chi connectivity index (χ3v) is 2.05. The first kappa shape index (κ1) is 21.2. The Morgan fingerprint density at radius 3 is 2.10 bits per heavy atom. The molecule has 0 fully saturated rings. The number of carbonyl (C=O) groups excluding carboxylic acids is 2. The van der Waals surface area contributed by atoms with Gasteiger partial charge >= 0.3 is 11.9 Å². The van der Waals surface area contributed by atoms with E-state index in [0.717, 1.165) is 26.1 Å². The molecule has 0 bridgehead atoms. The van der Waals surface area contributed by atoms with E-state index in [2.05, 4.69) is 4.74 Å². The molecule has 0 aliphatic rings. The third-order valence-electron chi connectivity index (χ3n) is 2.05. The number of hydrogen-bond donors (Lipinski definition) is 1. The van der Waals surface area contributed by atoms with E-state index in [1.165, 1.54) is 6.92 Å². The van der Waals surface area contributed by atoms with Crippen LogP contribution >= 0.6 is 0 Å². The molecule has 6 nitrogen and oxygen atoms in total. The molecule has 1 atom stereocenters. The molecule has 0 aliphatic heterocycles. The van der Waals surface area contributed by atoms with Crippen molar-refractivity contribution in [3.05, 3.63) is 0 Å². The van der Waals surface area contributed by atoms with Crippen LogP contribution in [0.4, 0.5) is 0 Å². The highest BCUT2D eigenvalue weighted by Crippen LogP contribution is 1.98. The summed E-state index contributed by atoms with van der Waals surface area (Å²) in [6.07, 6.45) is 0.634. The molecule has 0 saturated heterocycles. The fourth-order valence-electron chi connectivity index (χ4n) is 1.06. The van der Waals surface area contributed by atoms with Crippen LogP contribution in [0.1, 0.15) is 47.0 Å². The molecule has 0 aromatic carbocycles. The van der Waals surface area contributed by atoms with Gasteiger partial charge < -0.3 is 19.3 Å². The first-order valence-corrected chi connectivity index (χ1v) is 7.02. The maximum atomic E-state index is 11.1. The van der Waals surface area contributed by atoms with E-state index >= 15 is 0 Å². The van der Waals surface area contributed by atoms with Gasteiger partial charge in [-0.25, -0.2) is 0 Å². The number of ether oxygens (including phenoxy) is 3. The minimum Gasteiger partial charge on any atom is -0.466 e. The zero-order valence-corrected chi connectivity index (χ0v) is 13.0. The van der Waals surface area contributed by atoms with Crippen LogP contribution in [-0.2, 0) is 23.8 Å². The Labute approximate surface area is 121 Å². The first-order chi connectivity index (χ1) is 9.47. The van der Waals surface area contributed by atoms with E-state index < -0.39 is 18.0 Å². The molecule has 0 aromatic rings. The Bertz CT molecular complexity index is 240. The van der Waals surface area contributed by atoms with E-state index in [4.69, 9.17) is 9.47 Å². The highest BCUT2D eigenvalue weighted by atomic mass is 16.5. The summed E-state index contributed by atoms with van der Waals surface area (Å²) < 4.78 is 14.2. The van der Waals surface area contributed by atoms with Crippen LogP contribution in [0.5, 0.6) is 0 Å². The lowest BCUT2D eigenvalue weighted by atomic mass is 10.3. The summed E-state index contributed by atoms with van der Waals surface area (Å²) in [5.74, 6) is -0.948. The normalized spacial score (nSPS) is 11.1. The average Bonchev–Trinajstić information content (AvgIpc) is 2.38. The Hall–Kier alpha value is -1.14. The molecule has 0 saturated carbocycles. The van der Waals surface area contributed by atoms with E-state index in [1.54, 1.807) is 0 Å². The van der Waals surface area contributed by atoms with Gasteiger partial charge in [-0.05, 0) is 20.3 Å². The van der Waals surface area contributed by atoms with Crippen molar-refractivity contribution >= 4 is 11.9 Å². The molecule has 0 heterocycles. The highest BCUT2D eigenvalue weighted by molar-refractivity contribution is 5.70. The minimum absolute atomic E-state index is 0.142. The van der Waals surface area contributed by atoms with Crippen molar-refractivity contribution in [2.24, 2.45) is 0 Å². The van der Waals surface area contributed by atoms with Crippen LogP contribution in [0.3, 0.4) is 0 Å². The zero-order chi connectivity index (χ0) is 15.8. The lowest BCUT2D eigenvalue weighted by Gasteiger charge is -2.09. The second-order valence-corrected chi connectivity index (χ2v) is 4.02. The molecule has 1 unspecified atom stereocenters. The fraction of sp³-hybridized carbons (Fsp3) is 0.857. The van der Waals surface area contributed by atoms with E-state index in [9.17, 15) is 14.7 Å². The van der Waals surface area contributed by atoms with Gasteiger partial charge in [0.05, 0.1) is 19.1 Å². The Kier molecular flexibility index (Phi) is 16.8. The smallest absolute Gasteiger partial charge is 0.308 e. The SMILES string of the molecule is CCCCOC(=O)CC(O)COC(C)=O.CCOCC. The third kappa shape index (κ3) is 19.2. The van der Waals surface area contributed by atoms with E-state index in [1.807, 2.05) is 20.8 Å². The van der Waals surface area contributed by atoms with Crippen LogP contribution in [0.25, 0.3) is 0 Å². The predicted octanol–water partition coefficient (Wildman–Crippen LogP) is 1.69. The second kappa shape index (κ2) is 15.9. The Morgan fingerprint density at radius 2 is 1.70 bits per heavy atom. The molecule has 1 N–H and O–H groups in total. The summed E-state index contributed by atoms with van der Waals surface area (Å²) in [5.41, 5.74) is 0. The van der Waals surface area contributed by atoms with Crippen molar-refractivity contribution in [3.8, 4) is 0 Å². The van der Waals surface area contributed by atoms with Crippen molar-refractivity contribution in [2.45, 2.75) is 53.1 Å². The van der Waals surface area contributed by atoms with Crippen molar-refractivity contribution in [1.29, 1.82) is 0 Å². The number of aliphatic hydroxyl groups excluding tert-OH is 1. The number of carbonyl (C=O) groups is 2. The van der Waals surface area contributed by atoms with Crippen molar-refractivity contribution in [1.82, 2.24) is 0 Å². The van der Waals surface area contributed by atoms with Gasteiger partial charge in [0.1, 0.15) is 6.61 Å². The van der Waals surface area contributed by atoms with Gasteiger partial charge in [-0.3, -0.25) is 9.59 Å². The van der Waals surface area contributed by atoms with Crippen LogP contribution in [0, 0.1) is 0 Å². The zero-order valence-electron chi connectivity index (χ0n) is 13.0. The number of rotatable bonds is 9. The average molecular weight is 292 g/mol. The van der Waals surface area contributed by atoms with Crippen LogP contribution in [0.2, 0.25) is 0 Å². The molecule has 20 heavy (non-hydrogen) atoms. The Morgan fingerprint density at radius 1 is 1.10 bits per heavy atom. The maximum Gasteiger partial charge on any atom is 0.308 e. The molecule has 0 rings (SSSR count). The first-order valence-electron chi connectivity index (χ1n) is 7.02. The quantitative estimate of drug-likeness (QED) is 0.514. The molecular weight excluding hydrogens is 264 g/mol. The van der Waals surface area contributed by atoms with Gasteiger partial charge in [0, 0.05) is 20.1 Å². The largest absolute Gasteiger partial charge is 0.466 e. The molecule has 6 heteroatoms. The lowest BCUT2D eigenvalue weighted by Crippen LogP contribution is -2.22. The van der Waals surface area contributed by atoms with E-state index in [0.29, 0.717) is 6.61 Å². The van der Waals surface area contributed by atoms with Crippen molar-refractivity contribution in [2.75, 3.05) is 26.4 Å². The van der Waals surface area contributed by atoms with Gasteiger partial charge in [-0.15, -0.1) is 0 Å². The number of esters is 2. The summed E-state index contributed by atoms with van der Waals surface area (Å²) in [6.45, 7) is 9.10. The van der Waals surface area contributed by atoms with Gasteiger partial charge in [0.2, 0.25) is 0 Å². The molecule has 0 radical (unpaired) electrons. The van der Waals surface area contributed by atoms with Gasteiger partial charge in [0.25, 0.3) is 0 Å². The summed E-state index contributed by atoms with van der Waals surface area (Å²) >= 11 is 0. The van der Waals surface area contributed by atoms with Crippen LogP contribution < -0.4 is 0 Å². The summed E-state index contributed by atoms with van der Waals surface area (Å²) in [7, 11) is 0. The van der Waals surface area contributed by atoms with Crippen LogP contribution in [-0.4, -0.2) is 49.6 Å². The molecular formula is C14H28O6. The van der Waals surface area contributed by atoms with Gasteiger partial charge in [0.15, 0.2) is 0 Å². The molecule has 120 valence electrons. The molecule has 0 aliphatic carbocycles. The van der Waals surface area contributed by atoms with Crippen molar-refractivity contribution < 1.29 is 28.9 Å². The molecule has 0 aromatic heterocycles. The Balaban J connectivity index is 0. The fourth-order valence-corrected chi connectivity index (χ4v) is 1.06. The number of unbranched alkanes of at least 4 members (excludes halogenated alkanes) is 1. The summed E-state index contributed by atoms with van der Waals surface area (Å²) in [5, 5.41) is 9.25. The number of hydrogen-bond acceptors (Lipinski definition) is 6. The molecule has 0 spiro atoms. The monoisotopic (exact) mass is 292 g/mol. The van der Waals surface area contributed by atoms with Crippen molar-refractivity contribution in [3.63, 3.8) is 0 Å². The molecule has 0 amide bonds. The maximum absolute atomic E-state index is 11.1. The summed E-state index contributed by atoms with van der Waals surface area (Å²) in [4.78, 5) is 21.4. The topological polar surface area (TPSA) is 82.1 Å². The predicted molar refractivity (Wildman–Crippen MR) is 75.3 cm³/mol. The second-order valence-electron chi connectivity index (χ2n) is 4.02. The lowest BCUT2D eigenvalue weighted by molar-refractivity contribution is -0.151. The summed E-state index contributed by atoms with van der Waals surface area (Å²) in [6, 6.07) is 0. The van der Waals surface area contributed by atoms with Gasteiger partial charge in [-0.1, -0.05) is 13.3 Å². The van der Waals surface area contributed by atoms with Gasteiger partial charge in [-0.2, -0.15) is 0 Å². The standard InChI is InChI=1S/C10H18O5.C4H10O/c1-3-4-5-14-10(13)6-9(12)7-15-8(2)11;1-3-5-4-2/h9,12H,3-7H2,1-2H3;3-4H2,1-2H3.